The Balaban J connectivity index is 2.68. The van der Waals surface area contributed by atoms with Crippen molar-refractivity contribution in [3.63, 3.8) is 0 Å². The molecule has 0 radical (unpaired) electrons. The molecule has 6 nitrogen and oxygen atoms in total. The summed E-state index contributed by atoms with van der Waals surface area (Å²) >= 11 is 0. The summed E-state index contributed by atoms with van der Waals surface area (Å²) in [5.74, 6) is -1.57. The zero-order valence-corrected chi connectivity index (χ0v) is 11.1. The van der Waals surface area contributed by atoms with Crippen molar-refractivity contribution in [1.82, 2.24) is 10.6 Å². The highest BCUT2D eigenvalue weighted by molar-refractivity contribution is 6.26. The van der Waals surface area contributed by atoms with Gasteiger partial charge < -0.3 is 10.6 Å². The predicted octanol–water partition coefficient (Wildman–Crippen LogP) is -0.382. The van der Waals surface area contributed by atoms with Crippen molar-refractivity contribution in [2.45, 2.75) is 19.4 Å². The zero-order valence-electron chi connectivity index (χ0n) is 11.1. The molecule has 0 aliphatic carbocycles. The van der Waals surface area contributed by atoms with Crippen LogP contribution >= 0.6 is 0 Å². The SMILES string of the molecule is CC(=O)N[C@@H](Cc1ccccc1)C(=O)NCC(=O)C=O. The molecule has 6 heteroatoms. The molecule has 0 spiro atoms. The van der Waals surface area contributed by atoms with E-state index in [9.17, 15) is 19.2 Å². The second-order valence-electron chi connectivity index (χ2n) is 4.24. The number of Topliss-reactive ketones (excluding diaryl/α,β-unsaturated/α-hetero) is 1. The van der Waals surface area contributed by atoms with E-state index in [0.29, 0.717) is 6.42 Å². The van der Waals surface area contributed by atoms with E-state index in [1.165, 1.54) is 6.92 Å². The normalized spacial score (nSPS) is 11.2. The first kappa shape index (κ1) is 15.6. The van der Waals surface area contributed by atoms with Gasteiger partial charge in [0.2, 0.25) is 17.6 Å². The van der Waals surface area contributed by atoms with Gasteiger partial charge >= 0.3 is 0 Å². The number of hydrogen-bond acceptors (Lipinski definition) is 4. The summed E-state index contributed by atoms with van der Waals surface area (Å²) in [6.45, 7) is 0.940. The quantitative estimate of drug-likeness (QED) is 0.524. The fourth-order valence-corrected chi connectivity index (χ4v) is 1.64. The Hall–Kier alpha value is -2.50. The molecular weight excluding hydrogens is 260 g/mol. The third-order valence-corrected chi connectivity index (χ3v) is 2.54. The molecule has 0 unspecified atom stereocenters. The van der Waals surface area contributed by atoms with Crippen LogP contribution < -0.4 is 10.6 Å². The van der Waals surface area contributed by atoms with Gasteiger partial charge in [-0.1, -0.05) is 30.3 Å². The lowest BCUT2D eigenvalue weighted by atomic mass is 10.1. The first-order valence-electron chi connectivity index (χ1n) is 6.09. The average Bonchev–Trinajstić information content (AvgIpc) is 2.44. The number of amides is 2. The molecule has 0 aromatic heterocycles. The molecule has 0 bridgehead atoms. The van der Waals surface area contributed by atoms with Crippen LogP contribution in [-0.4, -0.2) is 36.5 Å². The highest BCUT2D eigenvalue weighted by Gasteiger charge is 2.20. The van der Waals surface area contributed by atoms with E-state index in [4.69, 9.17) is 0 Å². The van der Waals surface area contributed by atoms with E-state index in [-0.39, 0.29) is 18.7 Å². The van der Waals surface area contributed by atoms with Gasteiger partial charge in [-0.2, -0.15) is 0 Å². The number of benzene rings is 1. The van der Waals surface area contributed by atoms with E-state index in [0.717, 1.165) is 5.56 Å². The number of nitrogens with one attached hydrogen (secondary N) is 2. The van der Waals surface area contributed by atoms with Gasteiger partial charge in [-0.25, -0.2) is 0 Å². The lowest BCUT2D eigenvalue weighted by molar-refractivity contribution is -0.132. The monoisotopic (exact) mass is 276 g/mol. The number of ketones is 1. The van der Waals surface area contributed by atoms with Crippen molar-refractivity contribution in [3.05, 3.63) is 35.9 Å². The number of hydrogen-bond donors (Lipinski definition) is 2. The van der Waals surface area contributed by atoms with Crippen LogP contribution in [0, 0.1) is 0 Å². The maximum atomic E-state index is 11.9. The smallest absolute Gasteiger partial charge is 0.243 e. The Morgan fingerprint density at radius 2 is 1.85 bits per heavy atom. The molecule has 1 atom stereocenters. The van der Waals surface area contributed by atoms with Gasteiger partial charge in [-0.05, 0) is 5.56 Å². The summed E-state index contributed by atoms with van der Waals surface area (Å²) in [4.78, 5) is 44.1. The van der Waals surface area contributed by atoms with E-state index in [2.05, 4.69) is 10.6 Å². The van der Waals surface area contributed by atoms with Crippen LogP contribution in [0.2, 0.25) is 0 Å². The Labute approximate surface area is 116 Å². The van der Waals surface area contributed by atoms with Crippen LogP contribution in [0.1, 0.15) is 12.5 Å². The Morgan fingerprint density at radius 3 is 2.40 bits per heavy atom. The fraction of sp³-hybridized carbons (Fsp3) is 0.286. The van der Waals surface area contributed by atoms with E-state index in [1.807, 2.05) is 30.3 Å². The zero-order chi connectivity index (χ0) is 15.0. The van der Waals surface area contributed by atoms with Crippen molar-refractivity contribution in [3.8, 4) is 0 Å². The van der Waals surface area contributed by atoms with E-state index in [1.54, 1.807) is 0 Å². The molecule has 2 N–H and O–H groups in total. The first-order valence-corrected chi connectivity index (χ1v) is 6.09. The molecule has 20 heavy (non-hydrogen) atoms. The van der Waals surface area contributed by atoms with Gasteiger partial charge in [-0.15, -0.1) is 0 Å². The van der Waals surface area contributed by atoms with Gasteiger partial charge in [-0.3, -0.25) is 19.2 Å². The summed E-state index contributed by atoms with van der Waals surface area (Å²) in [7, 11) is 0. The van der Waals surface area contributed by atoms with E-state index >= 15 is 0 Å². The largest absolute Gasteiger partial charge is 0.347 e. The average molecular weight is 276 g/mol. The number of carbonyl (C=O) groups is 4. The summed E-state index contributed by atoms with van der Waals surface area (Å²) in [6.07, 6.45) is 0.451. The number of rotatable bonds is 7. The standard InChI is InChI=1S/C14H16N2O4/c1-10(18)16-13(7-11-5-3-2-4-6-11)14(20)15-8-12(19)9-17/h2-6,9,13H,7-8H2,1H3,(H,15,20)(H,16,18)/t13-/m0/s1. The molecule has 0 aliphatic heterocycles. The molecule has 1 aromatic rings. The lowest BCUT2D eigenvalue weighted by Gasteiger charge is -2.17. The minimum absolute atomic E-state index is 0.144. The van der Waals surface area contributed by atoms with Crippen molar-refractivity contribution < 1.29 is 19.2 Å². The second-order valence-corrected chi connectivity index (χ2v) is 4.24. The third kappa shape index (κ3) is 5.43. The Morgan fingerprint density at radius 1 is 1.20 bits per heavy atom. The van der Waals surface area contributed by atoms with Gasteiger partial charge in [0, 0.05) is 13.3 Å². The van der Waals surface area contributed by atoms with Crippen LogP contribution in [0.4, 0.5) is 0 Å². The molecule has 106 valence electrons. The molecule has 0 saturated carbocycles. The summed E-state index contributed by atoms with van der Waals surface area (Å²) < 4.78 is 0. The second kappa shape index (κ2) is 7.83. The van der Waals surface area contributed by atoms with Gasteiger partial charge in [0.25, 0.3) is 0 Å². The number of aldehydes is 1. The van der Waals surface area contributed by atoms with Crippen LogP contribution in [-0.2, 0) is 25.6 Å². The lowest BCUT2D eigenvalue weighted by Crippen LogP contribution is -2.48. The first-order chi connectivity index (χ1) is 9.52. The summed E-state index contributed by atoms with van der Waals surface area (Å²) in [5, 5.41) is 4.84. The fourth-order valence-electron chi connectivity index (χ4n) is 1.64. The molecule has 2 amide bonds. The number of carbonyl (C=O) groups excluding carboxylic acids is 4. The molecule has 1 aromatic carbocycles. The minimum Gasteiger partial charge on any atom is -0.347 e. The highest BCUT2D eigenvalue weighted by atomic mass is 16.2. The van der Waals surface area contributed by atoms with Crippen molar-refractivity contribution in [2.75, 3.05) is 6.54 Å². The summed E-state index contributed by atoms with van der Waals surface area (Å²) in [5.41, 5.74) is 0.878. The van der Waals surface area contributed by atoms with Crippen molar-refractivity contribution in [2.24, 2.45) is 0 Å². The van der Waals surface area contributed by atoms with Gasteiger partial charge in [0.15, 0.2) is 6.29 Å². The van der Waals surface area contributed by atoms with Gasteiger partial charge in [0.05, 0.1) is 6.54 Å². The predicted molar refractivity (Wildman–Crippen MR) is 71.8 cm³/mol. The molecule has 0 aliphatic rings. The Bertz CT molecular complexity index is 499. The van der Waals surface area contributed by atoms with Crippen LogP contribution in [0.3, 0.4) is 0 Å². The van der Waals surface area contributed by atoms with Crippen molar-refractivity contribution >= 4 is 23.9 Å². The van der Waals surface area contributed by atoms with Crippen LogP contribution in [0.15, 0.2) is 30.3 Å². The molecule has 1 rings (SSSR count). The molecular formula is C14H16N2O4. The Kier molecular flexibility index (Phi) is 6.09. The highest BCUT2D eigenvalue weighted by Crippen LogP contribution is 2.03. The molecule has 0 saturated heterocycles. The molecule has 0 heterocycles. The molecule has 0 fully saturated rings. The minimum atomic E-state index is -0.783. The van der Waals surface area contributed by atoms with Crippen LogP contribution in [0.5, 0.6) is 0 Å². The van der Waals surface area contributed by atoms with Gasteiger partial charge in [0.1, 0.15) is 6.04 Å². The topological polar surface area (TPSA) is 92.3 Å². The van der Waals surface area contributed by atoms with E-state index < -0.39 is 17.7 Å². The maximum absolute atomic E-state index is 11.9. The van der Waals surface area contributed by atoms with Crippen molar-refractivity contribution in [1.29, 1.82) is 0 Å². The van der Waals surface area contributed by atoms with Crippen LogP contribution in [0.25, 0.3) is 0 Å². The summed E-state index contributed by atoms with van der Waals surface area (Å²) in [6, 6.07) is 8.38. The third-order valence-electron chi connectivity index (χ3n) is 2.54. The maximum Gasteiger partial charge on any atom is 0.243 e.